The normalized spacial score (nSPS) is 10.6. The van der Waals surface area contributed by atoms with Crippen LogP contribution in [0.3, 0.4) is 0 Å². The van der Waals surface area contributed by atoms with E-state index in [-0.39, 0.29) is 0 Å². The number of imidazole rings is 1. The van der Waals surface area contributed by atoms with E-state index in [0.29, 0.717) is 5.56 Å². The SMILES string of the molecule is Cc1nc(-c2ccccc2C#N)[nH]c1CN(C)C. The molecule has 0 unspecified atom stereocenters. The molecule has 0 aliphatic rings. The van der Waals surface area contributed by atoms with Gasteiger partial charge >= 0.3 is 0 Å². The minimum Gasteiger partial charge on any atom is -0.341 e. The van der Waals surface area contributed by atoms with E-state index in [9.17, 15) is 0 Å². The molecule has 0 atom stereocenters. The topological polar surface area (TPSA) is 55.7 Å². The van der Waals surface area contributed by atoms with Crippen molar-refractivity contribution in [1.29, 1.82) is 5.26 Å². The summed E-state index contributed by atoms with van der Waals surface area (Å²) in [6.45, 7) is 2.79. The average molecular weight is 240 g/mol. The maximum absolute atomic E-state index is 9.10. The number of aromatic nitrogens is 2. The van der Waals surface area contributed by atoms with E-state index in [1.54, 1.807) is 6.07 Å². The van der Waals surface area contributed by atoms with Crippen LogP contribution in [0.1, 0.15) is 17.0 Å². The van der Waals surface area contributed by atoms with E-state index in [2.05, 4.69) is 20.9 Å². The van der Waals surface area contributed by atoms with Crippen molar-refractivity contribution in [2.24, 2.45) is 0 Å². The van der Waals surface area contributed by atoms with Gasteiger partial charge in [0, 0.05) is 12.1 Å². The maximum Gasteiger partial charge on any atom is 0.139 e. The third kappa shape index (κ3) is 2.41. The second kappa shape index (κ2) is 5.03. The Hall–Kier alpha value is -2.12. The Balaban J connectivity index is 2.43. The predicted molar refractivity (Wildman–Crippen MR) is 70.9 cm³/mol. The van der Waals surface area contributed by atoms with Crippen LogP contribution >= 0.6 is 0 Å². The molecule has 0 aliphatic heterocycles. The van der Waals surface area contributed by atoms with Crippen LogP contribution in [0.15, 0.2) is 24.3 Å². The van der Waals surface area contributed by atoms with Gasteiger partial charge in [-0.1, -0.05) is 12.1 Å². The van der Waals surface area contributed by atoms with Crippen molar-refractivity contribution in [2.75, 3.05) is 14.1 Å². The number of rotatable bonds is 3. The highest BCUT2D eigenvalue weighted by atomic mass is 15.1. The van der Waals surface area contributed by atoms with Gasteiger partial charge in [-0.15, -0.1) is 0 Å². The minimum absolute atomic E-state index is 0.641. The number of benzene rings is 1. The predicted octanol–water partition coefficient (Wildman–Crippen LogP) is 2.32. The lowest BCUT2D eigenvalue weighted by atomic mass is 10.1. The van der Waals surface area contributed by atoms with Crippen LogP contribution in [0.4, 0.5) is 0 Å². The van der Waals surface area contributed by atoms with Crippen molar-refractivity contribution < 1.29 is 0 Å². The van der Waals surface area contributed by atoms with Gasteiger partial charge in [0.15, 0.2) is 0 Å². The van der Waals surface area contributed by atoms with Crippen LogP contribution in [0, 0.1) is 18.3 Å². The quantitative estimate of drug-likeness (QED) is 0.895. The van der Waals surface area contributed by atoms with E-state index in [1.807, 2.05) is 39.2 Å². The number of nitrogens with one attached hydrogen (secondary N) is 1. The highest BCUT2D eigenvalue weighted by Gasteiger charge is 2.11. The summed E-state index contributed by atoms with van der Waals surface area (Å²) in [5, 5.41) is 9.10. The molecule has 92 valence electrons. The van der Waals surface area contributed by atoms with Crippen LogP contribution in [0.5, 0.6) is 0 Å². The zero-order valence-corrected chi connectivity index (χ0v) is 10.9. The molecule has 1 heterocycles. The number of nitrogens with zero attached hydrogens (tertiary/aromatic N) is 3. The summed E-state index contributed by atoms with van der Waals surface area (Å²) in [4.78, 5) is 9.89. The Kier molecular flexibility index (Phi) is 3.45. The molecule has 0 aliphatic carbocycles. The van der Waals surface area contributed by atoms with Crippen molar-refractivity contribution in [3.05, 3.63) is 41.2 Å². The first kappa shape index (κ1) is 12.3. The number of aromatic amines is 1. The van der Waals surface area contributed by atoms with E-state index >= 15 is 0 Å². The number of H-pyrrole nitrogens is 1. The second-order valence-electron chi connectivity index (χ2n) is 4.54. The molecule has 4 heteroatoms. The lowest BCUT2D eigenvalue weighted by molar-refractivity contribution is 0.396. The Morgan fingerprint density at radius 3 is 2.72 bits per heavy atom. The monoisotopic (exact) mass is 240 g/mol. The van der Waals surface area contributed by atoms with Gasteiger partial charge in [0.2, 0.25) is 0 Å². The Morgan fingerprint density at radius 1 is 1.33 bits per heavy atom. The summed E-state index contributed by atoms with van der Waals surface area (Å²) < 4.78 is 0. The van der Waals surface area contributed by atoms with E-state index in [0.717, 1.165) is 29.3 Å². The lowest BCUT2D eigenvalue weighted by Crippen LogP contribution is -2.11. The fourth-order valence-corrected chi connectivity index (χ4v) is 1.88. The summed E-state index contributed by atoms with van der Waals surface area (Å²) in [7, 11) is 4.03. The largest absolute Gasteiger partial charge is 0.341 e. The summed E-state index contributed by atoms with van der Waals surface area (Å²) in [6, 6.07) is 9.69. The molecule has 1 N–H and O–H groups in total. The minimum atomic E-state index is 0.641. The second-order valence-corrected chi connectivity index (χ2v) is 4.54. The fraction of sp³-hybridized carbons (Fsp3) is 0.286. The van der Waals surface area contributed by atoms with Gasteiger partial charge in [-0.3, -0.25) is 0 Å². The van der Waals surface area contributed by atoms with Gasteiger partial charge in [0.1, 0.15) is 5.82 Å². The highest BCUT2D eigenvalue weighted by molar-refractivity contribution is 5.64. The standard InChI is InChI=1S/C14H16N4/c1-10-13(9-18(2)3)17-14(16-10)12-7-5-4-6-11(12)8-15/h4-7H,9H2,1-3H3,(H,16,17). The van der Waals surface area contributed by atoms with E-state index in [4.69, 9.17) is 5.26 Å². The van der Waals surface area contributed by atoms with Crippen molar-refractivity contribution >= 4 is 0 Å². The van der Waals surface area contributed by atoms with Gasteiger partial charge < -0.3 is 9.88 Å². The lowest BCUT2D eigenvalue weighted by Gasteiger charge is -2.07. The van der Waals surface area contributed by atoms with Crippen LogP contribution in [-0.4, -0.2) is 29.0 Å². The van der Waals surface area contributed by atoms with E-state index < -0.39 is 0 Å². The van der Waals surface area contributed by atoms with Gasteiger partial charge in [0.25, 0.3) is 0 Å². The van der Waals surface area contributed by atoms with Gasteiger partial charge in [-0.05, 0) is 33.2 Å². The summed E-state index contributed by atoms with van der Waals surface area (Å²) in [6.07, 6.45) is 0. The molecule has 4 nitrogen and oxygen atoms in total. The van der Waals surface area contributed by atoms with Crippen LogP contribution < -0.4 is 0 Å². The molecule has 0 radical (unpaired) electrons. The molecule has 18 heavy (non-hydrogen) atoms. The molecule has 2 aromatic rings. The molecule has 2 rings (SSSR count). The van der Waals surface area contributed by atoms with Crippen LogP contribution in [-0.2, 0) is 6.54 Å². The number of aryl methyl sites for hydroxylation is 1. The van der Waals surface area contributed by atoms with Crippen molar-refractivity contribution in [3.63, 3.8) is 0 Å². The van der Waals surface area contributed by atoms with Crippen molar-refractivity contribution in [2.45, 2.75) is 13.5 Å². The zero-order valence-electron chi connectivity index (χ0n) is 10.9. The highest BCUT2D eigenvalue weighted by Crippen LogP contribution is 2.22. The van der Waals surface area contributed by atoms with Crippen LogP contribution in [0.2, 0.25) is 0 Å². The number of hydrogen-bond donors (Lipinski definition) is 1. The average Bonchev–Trinajstić information content (AvgIpc) is 2.70. The van der Waals surface area contributed by atoms with Crippen molar-refractivity contribution in [1.82, 2.24) is 14.9 Å². The number of hydrogen-bond acceptors (Lipinski definition) is 3. The van der Waals surface area contributed by atoms with Crippen molar-refractivity contribution in [3.8, 4) is 17.5 Å². The first-order valence-corrected chi connectivity index (χ1v) is 5.81. The summed E-state index contributed by atoms with van der Waals surface area (Å²) in [5.74, 6) is 0.765. The molecular weight excluding hydrogens is 224 g/mol. The zero-order chi connectivity index (χ0) is 13.1. The van der Waals surface area contributed by atoms with Gasteiger partial charge in [-0.2, -0.15) is 5.26 Å². The Bertz CT molecular complexity index is 590. The maximum atomic E-state index is 9.10. The molecule has 0 fully saturated rings. The third-order valence-corrected chi connectivity index (χ3v) is 2.76. The molecule has 0 amide bonds. The van der Waals surface area contributed by atoms with Crippen LogP contribution in [0.25, 0.3) is 11.4 Å². The fourth-order valence-electron chi connectivity index (χ4n) is 1.88. The molecule has 1 aromatic carbocycles. The third-order valence-electron chi connectivity index (χ3n) is 2.76. The molecule has 0 spiro atoms. The molecule has 0 bridgehead atoms. The summed E-state index contributed by atoms with van der Waals surface area (Å²) in [5.41, 5.74) is 3.56. The van der Waals surface area contributed by atoms with E-state index in [1.165, 1.54) is 0 Å². The first-order valence-electron chi connectivity index (χ1n) is 5.81. The number of nitriles is 1. The Morgan fingerprint density at radius 2 is 2.06 bits per heavy atom. The molecular formula is C14H16N4. The molecule has 0 saturated carbocycles. The Labute approximate surface area is 107 Å². The summed E-state index contributed by atoms with van der Waals surface area (Å²) >= 11 is 0. The smallest absolute Gasteiger partial charge is 0.139 e. The molecule has 0 saturated heterocycles. The molecule has 1 aromatic heterocycles. The van der Waals surface area contributed by atoms with Gasteiger partial charge in [-0.25, -0.2) is 4.98 Å². The first-order chi connectivity index (χ1) is 8.61. The van der Waals surface area contributed by atoms with Gasteiger partial charge in [0.05, 0.1) is 23.0 Å².